The van der Waals surface area contributed by atoms with E-state index < -0.39 is 6.10 Å². The Kier molecular flexibility index (Phi) is 4.11. The molecule has 1 N–H and O–H groups in total. The third-order valence-electron chi connectivity index (χ3n) is 3.95. The van der Waals surface area contributed by atoms with Crippen molar-refractivity contribution >= 4 is 11.8 Å². The summed E-state index contributed by atoms with van der Waals surface area (Å²) in [7, 11) is 0. The van der Waals surface area contributed by atoms with Crippen LogP contribution in [0.25, 0.3) is 0 Å². The zero-order valence-electron chi connectivity index (χ0n) is 12.5. The molecule has 0 bridgehead atoms. The lowest BCUT2D eigenvalue weighted by Crippen LogP contribution is -2.37. The van der Waals surface area contributed by atoms with Crippen LogP contribution < -0.4 is 4.90 Å². The van der Waals surface area contributed by atoms with Crippen molar-refractivity contribution in [1.29, 1.82) is 0 Å². The van der Waals surface area contributed by atoms with Crippen molar-refractivity contribution in [1.82, 2.24) is 0 Å². The number of hydrogen-bond acceptors (Lipinski definition) is 3. The second-order valence-corrected chi connectivity index (χ2v) is 5.51. The van der Waals surface area contributed by atoms with Gasteiger partial charge in [-0.2, -0.15) is 0 Å². The van der Waals surface area contributed by atoms with Gasteiger partial charge in [-0.05, 0) is 24.5 Å². The fraction of sp³-hybridized carbons (Fsp3) is 0.278. The van der Waals surface area contributed by atoms with Crippen molar-refractivity contribution in [2.24, 2.45) is 0 Å². The van der Waals surface area contributed by atoms with Crippen LogP contribution in [0, 0.1) is 6.92 Å². The summed E-state index contributed by atoms with van der Waals surface area (Å²) in [5.74, 6) is 0. The quantitative estimate of drug-likeness (QED) is 0.922. The topological polar surface area (TPSA) is 49.8 Å². The average molecular weight is 297 g/mol. The minimum absolute atomic E-state index is 0.250. The summed E-state index contributed by atoms with van der Waals surface area (Å²) in [4.78, 5) is 14.0. The Bertz CT molecular complexity index is 669. The Morgan fingerprint density at radius 1 is 1.23 bits per heavy atom. The van der Waals surface area contributed by atoms with Crippen LogP contribution in [-0.4, -0.2) is 17.7 Å². The number of benzene rings is 2. The molecule has 0 radical (unpaired) electrons. The molecule has 1 atom stereocenters. The number of nitrogens with zero attached hydrogens (tertiary/aromatic N) is 1. The monoisotopic (exact) mass is 297 g/mol. The van der Waals surface area contributed by atoms with E-state index in [-0.39, 0.29) is 12.7 Å². The van der Waals surface area contributed by atoms with Gasteiger partial charge in [-0.15, -0.1) is 0 Å². The van der Waals surface area contributed by atoms with Crippen LogP contribution in [0.5, 0.6) is 0 Å². The van der Waals surface area contributed by atoms with Gasteiger partial charge in [0.25, 0.3) is 0 Å². The third-order valence-corrected chi connectivity index (χ3v) is 3.95. The molecule has 0 aliphatic carbocycles. The summed E-state index contributed by atoms with van der Waals surface area (Å²) in [5, 5.41) is 10.1. The number of aryl methyl sites for hydroxylation is 1. The predicted octanol–water partition coefficient (Wildman–Crippen LogP) is 3.58. The SMILES string of the molecule is Cc1cccc2c1N(C(=O)OCc1ccccc1)CCC2O. The number of hydrogen-bond donors (Lipinski definition) is 1. The molecule has 2 aromatic rings. The summed E-state index contributed by atoms with van der Waals surface area (Å²) in [6.07, 6.45) is -0.365. The molecule has 4 heteroatoms. The fourth-order valence-electron chi connectivity index (χ4n) is 2.82. The van der Waals surface area contributed by atoms with Crippen molar-refractivity contribution < 1.29 is 14.6 Å². The largest absolute Gasteiger partial charge is 0.444 e. The normalized spacial score (nSPS) is 17.0. The summed E-state index contributed by atoms with van der Waals surface area (Å²) in [6.45, 7) is 2.65. The van der Waals surface area contributed by atoms with Crippen molar-refractivity contribution in [3.63, 3.8) is 0 Å². The van der Waals surface area contributed by atoms with Gasteiger partial charge in [-0.1, -0.05) is 48.5 Å². The summed E-state index contributed by atoms with van der Waals surface area (Å²) in [6, 6.07) is 15.3. The van der Waals surface area contributed by atoms with Gasteiger partial charge in [0.1, 0.15) is 6.61 Å². The molecule has 2 aromatic carbocycles. The maximum Gasteiger partial charge on any atom is 0.414 e. The fourth-order valence-corrected chi connectivity index (χ4v) is 2.82. The lowest BCUT2D eigenvalue weighted by molar-refractivity contribution is 0.137. The van der Waals surface area contributed by atoms with Crippen LogP contribution >= 0.6 is 0 Å². The van der Waals surface area contributed by atoms with Crippen LogP contribution in [0.3, 0.4) is 0 Å². The molecule has 1 amide bonds. The van der Waals surface area contributed by atoms with Crippen LogP contribution in [-0.2, 0) is 11.3 Å². The molecular formula is C18H19NO3. The van der Waals surface area contributed by atoms with E-state index in [2.05, 4.69) is 0 Å². The zero-order valence-corrected chi connectivity index (χ0v) is 12.5. The maximum atomic E-state index is 12.4. The van der Waals surface area contributed by atoms with E-state index in [0.717, 1.165) is 22.4 Å². The Morgan fingerprint density at radius 2 is 2.00 bits per heavy atom. The highest BCUT2D eigenvalue weighted by atomic mass is 16.6. The second kappa shape index (κ2) is 6.20. The van der Waals surface area contributed by atoms with Gasteiger partial charge in [0, 0.05) is 12.1 Å². The van der Waals surface area contributed by atoms with Gasteiger partial charge in [0.05, 0.1) is 11.8 Å². The smallest absolute Gasteiger partial charge is 0.414 e. The first kappa shape index (κ1) is 14.6. The molecule has 0 spiro atoms. The van der Waals surface area contributed by atoms with Crippen molar-refractivity contribution in [3.8, 4) is 0 Å². The van der Waals surface area contributed by atoms with Crippen molar-refractivity contribution in [2.75, 3.05) is 11.4 Å². The molecule has 1 heterocycles. The predicted molar refractivity (Wildman–Crippen MR) is 84.7 cm³/mol. The molecule has 0 saturated heterocycles. The first-order valence-electron chi connectivity index (χ1n) is 7.42. The van der Waals surface area contributed by atoms with Gasteiger partial charge >= 0.3 is 6.09 Å². The lowest BCUT2D eigenvalue weighted by Gasteiger charge is -2.32. The van der Waals surface area contributed by atoms with E-state index in [4.69, 9.17) is 4.74 Å². The summed E-state index contributed by atoms with van der Waals surface area (Å²) in [5.41, 5.74) is 3.49. The van der Waals surface area contributed by atoms with Gasteiger partial charge in [0.2, 0.25) is 0 Å². The first-order chi connectivity index (χ1) is 10.7. The number of rotatable bonds is 2. The Hall–Kier alpha value is -2.33. The summed E-state index contributed by atoms with van der Waals surface area (Å²) < 4.78 is 5.42. The molecule has 1 unspecified atom stereocenters. The van der Waals surface area contributed by atoms with E-state index in [9.17, 15) is 9.90 Å². The molecule has 114 valence electrons. The van der Waals surface area contributed by atoms with Gasteiger partial charge in [0.15, 0.2) is 0 Å². The van der Waals surface area contributed by atoms with E-state index in [1.54, 1.807) is 4.90 Å². The zero-order chi connectivity index (χ0) is 15.5. The highest BCUT2D eigenvalue weighted by Crippen LogP contribution is 2.36. The Morgan fingerprint density at radius 3 is 2.77 bits per heavy atom. The van der Waals surface area contributed by atoms with Crippen LogP contribution in [0.2, 0.25) is 0 Å². The molecule has 4 nitrogen and oxygen atoms in total. The highest BCUT2D eigenvalue weighted by Gasteiger charge is 2.29. The van der Waals surface area contributed by atoms with E-state index >= 15 is 0 Å². The standard InChI is InChI=1S/C18H19NO3/c1-13-6-5-9-15-16(20)10-11-19(17(13)15)18(21)22-12-14-7-3-2-4-8-14/h2-9,16,20H,10-12H2,1H3. The number of amides is 1. The Balaban J connectivity index is 1.78. The first-order valence-corrected chi connectivity index (χ1v) is 7.42. The number of aliphatic hydroxyl groups excluding tert-OH is 1. The van der Waals surface area contributed by atoms with Gasteiger partial charge in [-0.25, -0.2) is 4.79 Å². The third kappa shape index (κ3) is 2.83. The van der Waals surface area contributed by atoms with Crippen LogP contribution in [0.1, 0.15) is 29.2 Å². The number of para-hydroxylation sites is 1. The van der Waals surface area contributed by atoms with Crippen molar-refractivity contribution in [2.45, 2.75) is 26.1 Å². The van der Waals surface area contributed by atoms with E-state index in [1.165, 1.54) is 0 Å². The highest BCUT2D eigenvalue weighted by molar-refractivity contribution is 5.90. The van der Waals surface area contributed by atoms with Gasteiger partial charge in [-0.3, -0.25) is 4.90 Å². The molecule has 1 aliphatic heterocycles. The number of carbonyl (C=O) groups excluding carboxylic acids is 1. The second-order valence-electron chi connectivity index (χ2n) is 5.51. The number of anilines is 1. The molecule has 0 aromatic heterocycles. The van der Waals surface area contributed by atoms with Crippen LogP contribution in [0.15, 0.2) is 48.5 Å². The maximum absolute atomic E-state index is 12.4. The molecule has 1 aliphatic rings. The molecule has 3 rings (SSSR count). The number of carbonyl (C=O) groups is 1. The van der Waals surface area contributed by atoms with E-state index in [0.29, 0.717) is 13.0 Å². The van der Waals surface area contributed by atoms with Crippen LogP contribution in [0.4, 0.5) is 10.5 Å². The van der Waals surface area contributed by atoms with Gasteiger partial charge < -0.3 is 9.84 Å². The minimum Gasteiger partial charge on any atom is -0.444 e. The Labute approximate surface area is 130 Å². The molecular weight excluding hydrogens is 278 g/mol. The summed E-state index contributed by atoms with van der Waals surface area (Å²) >= 11 is 0. The number of aliphatic hydroxyl groups is 1. The van der Waals surface area contributed by atoms with Crippen molar-refractivity contribution in [3.05, 3.63) is 65.2 Å². The average Bonchev–Trinajstić information content (AvgIpc) is 2.55. The minimum atomic E-state index is -0.520. The molecule has 0 saturated carbocycles. The number of ether oxygens (including phenoxy) is 1. The molecule has 0 fully saturated rings. The lowest BCUT2D eigenvalue weighted by atomic mass is 9.96. The van der Waals surface area contributed by atoms with E-state index in [1.807, 2.05) is 55.5 Å². The molecule has 22 heavy (non-hydrogen) atoms. The number of fused-ring (bicyclic) bond motifs is 1.